The average Bonchev–Trinajstić information content (AvgIpc) is 2.37. The molecule has 0 amide bonds. The van der Waals surface area contributed by atoms with Gasteiger partial charge in [-0.15, -0.1) is 11.3 Å². The highest BCUT2D eigenvalue weighted by molar-refractivity contribution is 14.1. The molecule has 0 unspecified atom stereocenters. The molecule has 0 aliphatic carbocycles. The number of nitrogens with zero attached hydrogens (tertiary/aromatic N) is 1. The Hall–Kier alpha value is 0.320. The van der Waals surface area contributed by atoms with Crippen LogP contribution >= 0.6 is 33.9 Å². The zero-order chi connectivity index (χ0) is 8.10. The van der Waals surface area contributed by atoms with E-state index in [4.69, 9.17) is 0 Å². The highest BCUT2D eigenvalue weighted by Crippen LogP contribution is 2.07. The van der Waals surface area contributed by atoms with E-state index in [2.05, 4.69) is 38.3 Å². The average molecular weight is 282 g/mol. The zero-order valence-corrected chi connectivity index (χ0v) is 9.41. The maximum Gasteiger partial charge on any atom is 0.107 e. The number of alkyl halides is 1. The summed E-state index contributed by atoms with van der Waals surface area (Å²) in [5.74, 6) is 0. The van der Waals surface area contributed by atoms with Gasteiger partial charge in [-0.2, -0.15) is 0 Å². The lowest BCUT2D eigenvalue weighted by Gasteiger charge is -1.96. The van der Waals surface area contributed by atoms with Crippen molar-refractivity contribution in [3.05, 3.63) is 16.1 Å². The van der Waals surface area contributed by atoms with Gasteiger partial charge in [0.1, 0.15) is 5.01 Å². The van der Waals surface area contributed by atoms with E-state index >= 15 is 0 Å². The summed E-state index contributed by atoms with van der Waals surface area (Å²) in [5.41, 5.74) is 1.13. The minimum Gasteiger partial charge on any atom is -0.310 e. The van der Waals surface area contributed by atoms with Crippen molar-refractivity contribution in [2.75, 3.05) is 11.0 Å². The van der Waals surface area contributed by atoms with Crippen LogP contribution in [-0.4, -0.2) is 16.0 Å². The maximum absolute atomic E-state index is 4.34. The lowest BCUT2D eigenvalue weighted by molar-refractivity contribution is 0.731. The third-order valence-electron chi connectivity index (χ3n) is 1.21. The molecule has 1 N–H and O–H groups in total. The molecule has 1 aromatic rings. The molecule has 0 aliphatic heterocycles. The molecule has 0 spiro atoms. The topological polar surface area (TPSA) is 24.9 Å². The summed E-state index contributed by atoms with van der Waals surface area (Å²) in [5, 5.41) is 6.58. The Labute approximate surface area is 84.6 Å². The molecule has 62 valence electrons. The predicted octanol–water partition coefficient (Wildman–Crippen LogP) is 1.98. The number of aryl methyl sites for hydroxylation is 1. The Bertz CT molecular complexity index is 212. The van der Waals surface area contributed by atoms with Crippen LogP contribution in [0.1, 0.15) is 10.7 Å². The van der Waals surface area contributed by atoms with Crippen LogP contribution in [0, 0.1) is 6.92 Å². The van der Waals surface area contributed by atoms with Gasteiger partial charge in [0.05, 0.1) is 0 Å². The van der Waals surface area contributed by atoms with E-state index in [1.165, 1.54) is 5.01 Å². The smallest absolute Gasteiger partial charge is 0.107 e. The summed E-state index contributed by atoms with van der Waals surface area (Å²) in [4.78, 5) is 4.34. The summed E-state index contributed by atoms with van der Waals surface area (Å²) in [6.07, 6.45) is 0. The molecule has 11 heavy (non-hydrogen) atoms. The maximum atomic E-state index is 4.34. The van der Waals surface area contributed by atoms with Crippen molar-refractivity contribution in [3.8, 4) is 0 Å². The van der Waals surface area contributed by atoms with Crippen LogP contribution in [0.4, 0.5) is 0 Å². The first-order chi connectivity index (χ1) is 5.33. The Kier molecular flexibility index (Phi) is 4.32. The largest absolute Gasteiger partial charge is 0.310 e. The van der Waals surface area contributed by atoms with E-state index in [9.17, 15) is 0 Å². The number of hydrogen-bond acceptors (Lipinski definition) is 3. The highest BCUT2D eigenvalue weighted by atomic mass is 127. The quantitative estimate of drug-likeness (QED) is 0.519. The van der Waals surface area contributed by atoms with Crippen LogP contribution in [0.3, 0.4) is 0 Å². The lowest BCUT2D eigenvalue weighted by atomic mass is 10.5. The molecule has 0 saturated carbocycles. The first-order valence-electron chi connectivity index (χ1n) is 3.50. The van der Waals surface area contributed by atoms with Crippen LogP contribution in [0.2, 0.25) is 0 Å². The normalized spacial score (nSPS) is 10.4. The standard InChI is InChI=1S/C7H11IN2S/c1-6-5-11-7(10-6)4-9-3-2-8/h5,9H,2-4H2,1H3. The summed E-state index contributed by atoms with van der Waals surface area (Å²) in [6, 6.07) is 0. The van der Waals surface area contributed by atoms with E-state index in [-0.39, 0.29) is 0 Å². The van der Waals surface area contributed by atoms with Crippen LogP contribution in [-0.2, 0) is 6.54 Å². The van der Waals surface area contributed by atoms with Crippen molar-refractivity contribution in [2.24, 2.45) is 0 Å². The monoisotopic (exact) mass is 282 g/mol. The van der Waals surface area contributed by atoms with Gasteiger partial charge in [-0.25, -0.2) is 4.98 Å². The van der Waals surface area contributed by atoms with Crippen molar-refractivity contribution < 1.29 is 0 Å². The van der Waals surface area contributed by atoms with Crippen LogP contribution < -0.4 is 5.32 Å². The fraction of sp³-hybridized carbons (Fsp3) is 0.571. The molecule has 0 atom stereocenters. The van der Waals surface area contributed by atoms with Crippen molar-refractivity contribution in [3.63, 3.8) is 0 Å². The molecule has 0 saturated heterocycles. The second-order valence-electron chi connectivity index (χ2n) is 2.25. The van der Waals surface area contributed by atoms with Gasteiger partial charge < -0.3 is 5.32 Å². The first-order valence-corrected chi connectivity index (χ1v) is 5.91. The summed E-state index contributed by atoms with van der Waals surface area (Å²) < 4.78 is 1.15. The number of rotatable bonds is 4. The van der Waals surface area contributed by atoms with E-state index in [0.29, 0.717) is 0 Å². The Morgan fingerprint density at radius 1 is 1.73 bits per heavy atom. The van der Waals surface area contributed by atoms with Crippen molar-refractivity contribution in [2.45, 2.75) is 13.5 Å². The van der Waals surface area contributed by atoms with Gasteiger partial charge in [-0.05, 0) is 6.92 Å². The third-order valence-corrected chi connectivity index (χ3v) is 2.72. The number of aromatic nitrogens is 1. The number of nitrogens with one attached hydrogen (secondary N) is 1. The summed E-state index contributed by atoms with van der Waals surface area (Å²) >= 11 is 4.08. The van der Waals surface area contributed by atoms with Gasteiger partial charge in [0.2, 0.25) is 0 Å². The SMILES string of the molecule is Cc1csc(CNCCI)n1. The molecule has 2 nitrogen and oxygen atoms in total. The van der Waals surface area contributed by atoms with Gasteiger partial charge in [0.15, 0.2) is 0 Å². The summed E-state index contributed by atoms with van der Waals surface area (Å²) in [7, 11) is 0. The highest BCUT2D eigenvalue weighted by Gasteiger charge is 1.95. The second kappa shape index (κ2) is 5.05. The van der Waals surface area contributed by atoms with Gasteiger partial charge in [0, 0.05) is 28.6 Å². The molecule has 0 radical (unpaired) electrons. The third kappa shape index (κ3) is 3.48. The predicted molar refractivity (Wildman–Crippen MR) is 57.4 cm³/mol. The van der Waals surface area contributed by atoms with Crippen LogP contribution in [0.5, 0.6) is 0 Å². The van der Waals surface area contributed by atoms with Gasteiger partial charge in [-0.1, -0.05) is 22.6 Å². The first kappa shape index (κ1) is 9.41. The zero-order valence-electron chi connectivity index (χ0n) is 6.43. The fourth-order valence-corrected chi connectivity index (χ4v) is 1.87. The van der Waals surface area contributed by atoms with Crippen LogP contribution in [0.15, 0.2) is 5.38 Å². The Morgan fingerprint density at radius 3 is 3.09 bits per heavy atom. The summed E-state index contributed by atoms with van der Waals surface area (Å²) in [6.45, 7) is 4.01. The molecule has 0 aliphatic rings. The Balaban J connectivity index is 2.27. The van der Waals surface area contributed by atoms with Crippen molar-refractivity contribution >= 4 is 33.9 Å². The van der Waals surface area contributed by atoms with Crippen LogP contribution in [0.25, 0.3) is 0 Å². The molecule has 4 heteroatoms. The number of halogens is 1. The molecular formula is C7H11IN2S. The molecule has 0 bridgehead atoms. The lowest BCUT2D eigenvalue weighted by Crippen LogP contribution is -2.15. The number of thiazole rings is 1. The minimum atomic E-state index is 0.918. The fourth-order valence-electron chi connectivity index (χ4n) is 0.746. The molecule has 0 aromatic carbocycles. The molecular weight excluding hydrogens is 271 g/mol. The van der Waals surface area contributed by atoms with E-state index in [0.717, 1.165) is 23.2 Å². The minimum absolute atomic E-state index is 0.918. The molecule has 1 heterocycles. The van der Waals surface area contributed by atoms with Gasteiger partial charge in [0.25, 0.3) is 0 Å². The van der Waals surface area contributed by atoms with E-state index < -0.39 is 0 Å². The second-order valence-corrected chi connectivity index (χ2v) is 4.27. The molecule has 0 fully saturated rings. The van der Waals surface area contributed by atoms with Crippen molar-refractivity contribution in [1.29, 1.82) is 0 Å². The number of hydrogen-bond donors (Lipinski definition) is 1. The Morgan fingerprint density at radius 2 is 2.55 bits per heavy atom. The van der Waals surface area contributed by atoms with E-state index in [1.54, 1.807) is 11.3 Å². The van der Waals surface area contributed by atoms with E-state index in [1.807, 2.05) is 6.92 Å². The van der Waals surface area contributed by atoms with Gasteiger partial charge in [-0.3, -0.25) is 0 Å². The van der Waals surface area contributed by atoms with Crippen molar-refractivity contribution in [1.82, 2.24) is 10.3 Å². The van der Waals surface area contributed by atoms with Gasteiger partial charge >= 0.3 is 0 Å². The molecule has 1 aromatic heterocycles. The molecule has 1 rings (SSSR count).